The predicted molar refractivity (Wildman–Crippen MR) is 311 cm³/mol. The largest absolute Gasteiger partial charge is 0.462 e. The summed E-state index contributed by atoms with van der Waals surface area (Å²) >= 11 is 0. The van der Waals surface area contributed by atoms with Crippen LogP contribution in [0.5, 0.6) is 0 Å². The van der Waals surface area contributed by atoms with Crippen molar-refractivity contribution in [1.29, 1.82) is 0 Å². The Morgan fingerprint density at radius 3 is 0.847 bits per heavy atom. The third-order valence-electron chi connectivity index (χ3n) is 13.5. The number of hydrogen-bond acceptors (Lipinski definition) is 6. The molecule has 0 rings (SSSR count). The van der Waals surface area contributed by atoms with Crippen molar-refractivity contribution < 1.29 is 28.6 Å². The standard InChI is InChI=1S/C66H116O6/c1-4-7-10-13-16-18-20-22-24-26-27-28-29-30-31-32-33-34-35-36-37-38-39-40-42-43-45-47-50-53-56-59-65(68)71-62-63(61-70-64(67)58-55-52-49-15-12-9-6-3)72-66(69)60-57-54-51-48-46-44-41-25-23-21-19-17-14-11-8-5-2/h7,10,16,18,22,24,27-28,30-31,33-34,63H,4-6,8-9,11-15,17,19-21,23,25-26,29,32,35-62H2,1-3H3/b10-7-,18-16-,24-22-,28-27-,31-30-,34-33-. The van der Waals surface area contributed by atoms with Crippen LogP contribution in [-0.2, 0) is 28.6 Å². The number of rotatable bonds is 56. The Bertz CT molecular complexity index is 1340. The highest BCUT2D eigenvalue weighted by atomic mass is 16.6. The monoisotopic (exact) mass is 1000 g/mol. The van der Waals surface area contributed by atoms with Gasteiger partial charge in [0.05, 0.1) is 0 Å². The maximum absolute atomic E-state index is 12.8. The van der Waals surface area contributed by atoms with Crippen LogP contribution in [0, 0.1) is 0 Å². The van der Waals surface area contributed by atoms with E-state index in [1.807, 2.05) is 0 Å². The third-order valence-corrected chi connectivity index (χ3v) is 13.5. The quantitative estimate of drug-likeness (QED) is 0.0261. The molecule has 0 aromatic carbocycles. The van der Waals surface area contributed by atoms with Crippen molar-refractivity contribution in [2.75, 3.05) is 13.2 Å². The molecule has 6 nitrogen and oxygen atoms in total. The number of carbonyl (C=O) groups excluding carboxylic acids is 3. The van der Waals surface area contributed by atoms with Crippen LogP contribution >= 0.6 is 0 Å². The van der Waals surface area contributed by atoms with Crippen LogP contribution in [0.15, 0.2) is 72.9 Å². The van der Waals surface area contributed by atoms with E-state index in [2.05, 4.69) is 93.7 Å². The summed E-state index contributed by atoms with van der Waals surface area (Å²) in [6.07, 6.45) is 77.9. The molecule has 0 saturated heterocycles. The number of carbonyl (C=O) groups is 3. The molecule has 0 radical (unpaired) electrons. The normalized spacial score (nSPS) is 12.5. The zero-order chi connectivity index (χ0) is 52.2. The average molecular weight is 1010 g/mol. The summed E-state index contributed by atoms with van der Waals surface area (Å²) in [5.74, 6) is -0.866. The van der Waals surface area contributed by atoms with Crippen molar-refractivity contribution in [1.82, 2.24) is 0 Å². The van der Waals surface area contributed by atoms with Crippen LogP contribution in [0.3, 0.4) is 0 Å². The smallest absolute Gasteiger partial charge is 0.306 e. The van der Waals surface area contributed by atoms with Gasteiger partial charge in [-0.1, -0.05) is 293 Å². The second kappa shape index (κ2) is 60.4. The highest BCUT2D eigenvalue weighted by Gasteiger charge is 2.19. The van der Waals surface area contributed by atoms with Crippen molar-refractivity contribution >= 4 is 17.9 Å². The van der Waals surface area contributed by atoms with Crippen LogP contribution in [0.2, 0.25) is 0 Å². The minimum Gasteiger partial charge on any atom is -0.462 e. The fourth-order valence-corrected chi connectivity index (χ4v) is 8.86. The van der Waals surface area contributed by atoms with Crippen LogP contribution in [0.4, 0.5) is 0 Å². The van der Waals surface area contributed by atoms with Crippen molar-refractivity contribution in [3.05, 3.63) is 72.9 Å². The molecule has 72 heavy (non-hydrogen) atoms. The molecular weight excluding hydrogens is 889 g/mol. The van der Waals surface area contributed by atoms with Crippen molar-refractivity contribution in [2.24, 2.45) is 0 Å². The Morgan fingerprint density at radius 1 is 0.292 bits per heavy atom. The molecular formula is C66H116O6. The number of esters is 3. The summed E-state index contributed by atoms with van der Waals surface area (Å²) < 4.78 is 16.8. The van der Waals surface area contributed by atoms with Gasteiger partial charge in [-0.3, -0.25) is 14.4 Å². The molecule has 0 aliphatic heterocycles. The highest BCUT2D eigenvalue weighted by molar-refractivity contribution is 5.71. The van der Waals surface area contributed by atoms with Gasteiger partial charge in [-0.05, 0) is 70.6 Å². The van der Waals surface area contributed by atoms with E-state index in [9.17, 15) is 14.4 Å². The second-order valence-corrected chi connectivity index (χ2v) is 20.6. The van der Waals surface area contributed by atoms with Gasteiger partial charge in [-0.15, -0.1) is 0 Å². The van der Waals surface area contributed by atoms with E-state index in [1.54, 1.807) is 0 Å². The van der Waals surface area contributed by atoms with Crippen LogP contribution in [0.25, 0.3) is 0 Å². The first-order valence-electron chi connectivity index (χ1n) is 30.9. The van der Waals surface area contributed by atoms with Gasteiger partial charge in [-0.25, -0.2) is 0 Å². The van der Waals surface area contributed by atoms with Crippen LogP contribution in [0.1, 0.15) is 310 Å². The predicted octanol–water partition coefficient (Wildman–Crippen LogP) is 20.9. The molecule has 0 bridgehead atoms. The molecule has 416 valence electrons. The first-order valence-corrected chi connectivity index (χ1v) is 30.9. The minimum absolute atomic E-state index is 0.0711. The summed E-state index contributed by atoms with van der Waals surface area (Å²) in [7, 11) is 0. The zero-order valence-corrected chi connectivity index (χ0v) is 47.7. The molecule has 0 spiro atoms. The molecule has 0 aromatic heterocycles. The SMILES string of the molecule is CC/C=C\C/C=C\C/C=C\C/C=C\C/C=C\C/C=C\CCCCCCCCCCCCCCC(=O)OCC(COC(=O)CCCCCCCCC)OC(=O)CCCCCCCCCCCCCCCCCC. The van der Waals surface area contributed by atoms with Gasteiger partial charge in [0.2, 0.25) is 0 Å². The van der Waals surface area contributed by atoms with E-state index < -0.39 is 6.10 Å². The van der Waals surface area contributed by atoms with Gasteiger partial charge < -0.3 is 14.2 Å². The lowest BCUT2D eigenvalue weighted by molar-refractivity contribution is -0.167. The van der Waals surface area contributed by atoms with Gasteiger partial charge >= 0.3 is 17.9 Å². The maximum atomic E-state index is 12.8. The summed E-state index contributed by atoms with van der Waals surface area (Å²) in [5.41, 5.74) is 0. The van der Waals surface area contributed by atoms with Gasteiger partial charge in [-0.2, -0.15) is 0 Å². The zero-order valence-electron chi connectivity index (χ0n) is 47.7. The summed E-state index contributed by atoms with van der Waals surface area (Å²) in [4.78, 5) is 38.0. The first kappa shape index (κ1) is 68.8. The second-order valence-electron chi connectivity index (χ2n) is 20.6. The maximum Gasteiger partial charge on any atom is 0.306 e. The molecule has 0 fully saturated rings. The Labute approximate surface area is 446 Å². The first-order chi connectivity index (χ1) is 35.5. The summed E-state index contributed by atoms with van der Waals surface area (Å²) in [5, 5.41) is 0. The molecule has 0 amide bonds. The lowest BCUT2D eigenvalue weighted by Gasteiger charge is -2.18. The van der Waals surface area contributed by atoms with Crippen LogP contribution in [-0.4, -0.2) is 37.2 Å². The van der Waals surface area contributed by atoms with Crippen molar-refractivity contribution in [2.45, 2.75) is 316 Å². The van der Waals surface area contributed by atoms with Crippen LogP contribution < -0.4 is 0 Å². The molecule has 0 aromatic rings. The van der Waals surface area contributed by atoms with Gasteiger partial charge in [0, 0.05) is 19.3 Å². The molecule has 0 saturated carbocycles. The Kier molecular flexibility index (Phi) is 57.8. The van der Waals surface area contributed by atoms with Crippen molar-refractivity contribution in [3.63, 3.8) is 0 Å². The number of ether oxygens (including phenoxy) is 3. The third kappa shape index (κ3) is 57.7. The minimum atomic E-state index is -0.770. The molecule has 1 atom stereocenters. The average Bonchev–Trinajstić information content (AvgIpc) is 3.38. The van der Waals surface area contributed by atoms with E-state index in [1.165, 1.54) is 173 Å². The number of allylic oxidation sites excluding steroid dienone is 12. The Hall–Kier alpha value is -3.15. The van der Waals surface area contributed by atoms with Gasteiger partial charge in [0.15, 0.2) is 6.10 Å². The Morgan fingerprint density at radius 2 is 0.542 bits per heavy atom. The molecule has 0 aliphatic rings. The fourth-order valence-electron chi connectivity index (χ4n) is 8.86. The number of unbranched alkanes of at least 4 members (excludes halogenated alkanes) is 33. The fraction of sp³-hybridized carbons (Fsp3) is 0.773. The highest BCUT2D eigenvalue weighted by Crippen LogP contribution is 2.17. The summed E-state index contributed by atoms with van der Waals surface area (Å²) in [6.45, 7) is 6.51. The van der Waals surface area contributed by atoms with E-state index in [0.717, 1.165) is 96.3 Å². The Balaban J connectivity index is 4.07. The van der Waals surface area contributed by atoms with E-state index in [0.29, 0.717) is 19.3 Å². The van der Waals surface area contributed by atoms with Gasteiger partial charge in [0.1, 0.15) is 13.2 Å². The molecule has 6 heteroatoms. The van der Waals surface area contributed by atoms with E-state index in [-0.39, 0.29) is 31.1 Å². The molecule has 0 heterocycles. The lowest BCUT2D eigenvalue weighted by atomic mass is 10.0. The van der Waals surface area contributed by atoms with Gasteiger partial charge in [0.25, 0.3) is 0 Å². The van der Waals surface area contributed by atoms with E-state index in [4.69, 9.17) is 14.2 Å². The number of hydrogen-bond donors (Lipinski definition) is 0. The summed E-state index contributed by atoms with van der Waals surface area (Å²) in [6, 6.07) is 0. The topological polar surface area (TPSA) is 78.9 Å². The molecule has 0 aliphatic carbocycles. The molecule has 0 N–H and O–H groups in total. The molecule has 1 unspecified atom stereocenters. The van der Waals surface area contributed by atoms with E-state index >= 15 is 0 Å². The van der Waals surface area contributed by atoms with Crippen molar-refractivity contribution in [3.8, 4) is 0 Å². The lowest BCUT2D eigenvalue weighted by Crippen LogP contribution is -2.30.